The average Bonchev–Trinajstić information content (AvgIpc) is 2.71. The summed E-state index contributed by atoms with van der Waals surface area (Å²) in [6.07, 6.45) is 1.82. The van der Waals surface area contributed by atoms with Gasteiger partial charge in [0.1, 0.15) is 0 Å². The number of hydrogen-bond donors (Lipinski definition) is 0. The zero-order valence-electron chi connectivity index (χ0n) is 17.2. The molecule has 0 saturated heterocycles. The van der Waals surface area contributed by atoms with Crippen LogP contribution in [0.4, 0.5) is 0 Å². The minimum atomic E-state index is 0.453. The lowest BCUT2D eigenvalue weighted by atomic mass is 10.0. The fraction of sp³-hybridized carbons (Fsp3) is 0.320. The van der Waals surface area contributed by atoms with Crippen molar-refractivity contribution in [3.63, 3.8) is 0 Å². The molecular formula is C25H29NO2. The second kappa shape index (κ2) is 9.41. The van der Waals surface area contributed by atoms with E-state index in [1.54, 1.807) is 0 Å². The zero-order chi connectivity index (χ0) is 19.9. The first-order valence-corrected chi connectivity index (χ1v) is 9.94. The summed E-state index contributed by atoms with van der Waals surface area (Å²) in [7, 11) is 0. The predicted octanol–water partition coefficient (Wildman–Crippen LogP) is 6.49. The Morgan fingerprint density at radius 3 is 2.04 bits per heavy atom. The molecule has 0 fully saturated rings. The zero-order valence-corrected chi connectivity index (χ0v) is 17.2. The SMILES string of the molecule is CC(C)COc1ccc(-c2cccc(-c3ccccn3)c2)cc1OCC(C)C. The number of rotatable bonds is 8. The Morgan fingerprint density at radius 1 is 0.679 bits per heavy atom. The Bertz CT molecular complexity index is 888. The van der Waals surface area contributed by atoms with E-state index in [4.69, 9.17) is 9.47 Å². The van der Waals surface area contributed by atoms with Gasteiger partial charge in [0.05, 0.1) is 18.9 Å². The van der Waals surface area contributed by atoms with Gasteiger partial charge in [0.2, 0.25) is 0 Å². The third kappa shape index (κ3) is 5.35. The van der Waals surface area contributed by atoms with Gasteiger partial charge in [0.25, 0.3) is 0 Å². The van der Waals surface area contributed by atoms with Crippen LogP contribution in [0.3, 0.4) is 0 Å². The molecule has 0 saturated carbocycles. The van der Waals surface area contributed by atoms with E-state index in [0.29, 0.717) is 25.0 Å². The Balaban J connectivity index is 1.92. The largest absolute Gasteiger partial charge is 0.489 e. The standard InChI is InChI=1S/C25H29NO2/c1-18(2)16-27-24-12-11-21(15-25(24)28-17-19(3)4)20-8-7-9-22(14-20)23-10-5-6-13-26-23/h5-15,18-19H,16-17H2,1-4H3. The second-order valence-electron chi connectivity index (χ2n) is 7.87. The van der Waals surface area contributed by atoms with Gasteiger partial charge in [-0.2, -0.15) is 0 Å². The number of nitrogens with zero attached hydrogens (tertiary/aromatic N) is 1. The molecule has 0 radical (unpaired) electrons. The monoisotopic (exact) mass is 375 g/mol. The van der Waals surface area contributed by atoms with Gasteiger partial charge in [0, 0.05) is 11.8 Å². The predicted molar refractivity (Wildman–Crippen MR) is 116 cm³/mol. The van der Waals surface area contributed by atoms with Gasteiger partial charge in [-0.3, -0.25) is 4.98 Å². The van der Waals surface area contributed by atoms with Crippen molar-refractivity contribution in [2.75, 3.05) is 13.2 Å². The number of pyridine rings is 1. The fourth-order valence-electron chi connectivity index (χ4n) is 2.82. The molecule has 0 aliphatic heterocycles. The highest BCUT2D eigenvalue weighted by Gasteiger charge is 2.11. The maximum atomic E-state index is 6.07. The third-order valence-electron chi connectivity index (χ3n) is 4.24. The number of aromatic nitrogens is 1. The topological polar surface area (TPSA) is 31.4 Å². The quantitative estimate of drug-likeness (QED) is 0.451. The summed E-state index contributed by atoms with van der Waals surface area (Å²) < 4.78 is 12.1. The van der Waals surface area contributed by atoms with E-state index in [1.165, 1.54) is 0 Å². The van der Waals surface area contributed by atoms with Crippen LogP contribution in [0.5, 0.6) is 11.5 Å². The fourth-order valence-corrected chi connectivity index (χ4v) is 2.82. The molecule has 2 aromatic carbocycles. The molecule has 3 aromatic rings. The molecule has 0 amide bonds. The van der Waals surface area contributed by atoms with Crippen molar-refractivity contribution in [1.29, 1.82) is 0 Å². The number of benzene rings is 2. The summed E-state index contributed by atoms with van der Waals surface area (Å²) in [6.45, 7) is 9.92. The molecule has 146 valence electrons. The van der Waals surface area contributed by atoms with Crippen LogP contribution in [0.2, 0.25) is 0 Å². The van der Waals surface area contributed by atoms with Crippen molar-refractivity contribution < 1.29 is 9.47 Å². The molecule has 0 spiro atoms. The Morgan fingerprint density at radius 2 is 1.36 bits per heavy atom. The molecule has 0 aliphatic rings. The smallest absolute Gasteiger partial charge is 0.161 e. The van der Waals surface area contributed by atoms with Gasteiger partial charge in [-0.15, -0.1) is 0 Å². The summed E-state index contributed by atoms with van der Waals surface area (Å²) in [4.78, 5) is 4.46. The molecule has 1 heterocycles. The molecule has 0 unspecified atom stereocenters. The minimum Gasteiger partial charge on any atom is -0.489 e. The van der Waals surface area contributed by atoms with Crippen LogP contribution in [0.1, 0.15) is 27.7 Å². The van der Waals surface area contributed by atoms with Gasteiger partial charge in [-0.1, -0.05) is 58.0 Å². The summed E-state index contributed by atoms with van der Waals surface area (Å²) in [5.74, 6) is 2.52. The second-order valence-corrected chi connectivity index (χ2v) is 7.87. The molecule has 0 N–H and O–H groups in total. The van der Waals surface area contributed by atoms with Gasteiger partial charge in [0.15, 0.2) is 11.5 Å². The molecule has 28 heavy (non-hydrogen) atoms. The first-order chi connectivity index (χ1) is 13.5. The highest BCUT2D eigenvalue weighted by Crippen LogP contribution is 2.34. The van der Waals surface area contributed by atoms with Crippen molar-refractivity contribution in [2.45, 2.75) is 27.7 Å². The lowest BCUT2D eigenvalue weighted by Crippen LogP contribution is -2.09. The summed E-state index contributed by atoms with van der Waals surface area (Å²) in [6, 6.07) is 20.6. The molecule has 0 atom stereocenters. The third-order valence-corrected chi connectivity index (χ3v) is 4.24. The highest BCUT2D eigenvalue weighted by molar-refractivity contribution is 5.73. The van der Waals surface area contributed by atoms with Gasteiger partial charge < -0.3 is 9.47 Å². The van der Waals surface area contributed by atoms with E-state index >= 15 is 0 Å². The molecular weight excluding hydrogens is 346 g/mol. The summed E-state index contributed by atoms with van der Waals surface area (Å²) in [5.41, 5.74) is 4.31. The lowest BCUT2D eigenvalue weighted by Gasteiger charge is -2.16. The van der Waals surface area contributed by atoms with Crippen LogP contribution < -0.4 is 9.47 Å². The molecule has 0 aliphatic carbocycles. The van der Waals surface area contributed by atoms with E-state index in [9.17, 15) is 0 Å². The Hall–Kier alpha value is -2.81. The van der Waals surface area contributed by atoms with Crippen LogP contribution in [-0.2, 0) is 0 Å². The maximum Gasteiger partial charge on any atom is 0.161 e. The van der Waals surface area contributed by atoms with Crippen molar-refractivity contribution in [3.8, 4) is 33.9 Å². The van der Waals surface area contributed by atoms with Crippen molar-refractivity contribution in [1.82, 2.24) is 4.98 Å². The molecule has 0 bridgehead atoms. The van der Waals surface area contributed by atoms with E-state index in [0.717, 1.165) is 33.9 Å². The maximum absolute atomic E-state index is 6.07. The van der Waals surface area contributed by atoms with Crippen molar-refractivity contribution >= 4 is 0 Å². The van der Waals surface area contributed by atoms with Crippen LogP contribution in [-0.4, -0.2) is 18.2 Å². The average molecular weight is 376 g/mol. The first kappa shape index (κ1) is 19.9. The van der Waals surface area contributed by atoms with Crippen molar-refractivity contribution in [2.24, 2.45) is 11.8 Å². The van der Waals surface area contributed by atoms with Gasteiger partial charge in [-0.05, 0) is 53.3 Å². The first-order valence-electron chi connectivity index (χ1n) is 9.94. The molecule has 3 nitrogen and oxygen atoms in total. The van der Waals surface area contributed by atoms with E-state index in [1.807, 2.05) is 30.5 Å². The molecule has 3 rings (SSSR count). The normalized spacial score (nSPS) is 11.1. The lowest BCUT2D eigenvalue weighted by molar-refractivity contribution is 0.229. The number of hydrogen-bond acceptors (Lipinski definition) is 3. The summed E-state index contributed by atoms with van der Waals surface area (Å²) in [5, 5.41) is 0. The molecule has 1 aromatic heterocycles. The van der Waals surface area contributed by atoms with Crippen molar-refractivity contribution in [3.05, 3.63) is 66.9 Å². The van der Waals surface area contributed by atoms with E-state index in [2.05, 4.69) is 69.1 Å². The van der Waals surface area contributed by atoms with E-state index < -0.39 is 0 Å². The van der Waals surface area contributed by atoms with Gasteiger partial charge in [-0.25, -0.2) is 0 Å². The van der Waals surface area contributed by atoms with Crippen LogP contribution in [0.15, 0.2) is 66.9 Å². The van der Waals surface area contributed by atoms with Crippen LogP contribution in [0.25, 0.3) is 22.4 Å². The van der Waals surface area contributed by atoms with Gasteiger partial charge >= 0.3 is 0 Å². The van der Waals surface area contributed by atoms with E-state index in [-0.39, 0.29) is 0 Å². The summed E-state index contributed by atoms with van der Waals surface area (Å²) >= 11 is 0. The minimum absolute atomic E-state index is 0.453. The number of ether oxygens (including phenoxy) is 2. The Kier molecular flexibility index (Phi) is 6.70. The van der Waals surface area contributed by atoms with Crippen LogP contribution in [0, 0.1) is 11.8 Å². The highest BCUT2D eigenvalue weighted by atomic mass is 16.5. The van der Waals surface area contributed by atoms with Crippen LogP contribution >= 0.6 is 0 Å². The Labute approximate surface area is 168 Å². The molecule has 3 heteroatoms.